The van der Waals surface area contributed by atoms with Gasteiger partial charge < -0.3 is 0 Å². The molecule has 3 aliphatic carbocycles. The normalized spacial score (nSPS) is 46.4. The van der Waals surface area contributed by atoms with Gasteiger partial charge in [-0.3, -0.25) is 4.79 Å². The van der Waals surface area contributed by atoms with Gasteiger partial charge in [-0.05, 0) is 36.7 Å². The van der Waals surface area contributed by atoms with Crippen molar-refractivity contribution in [3.63, 3.8) is 0 Å². The lowest BCUT2D eigenvalue weighted by Gasteiger charge is -2.16. The monoisotopic (exact) mass is 148 g/mol. The second-order valence-electron chi connectivity index (χ2n) is 4.07. The Balaban J connectivity index is 2.08. The maximum atomic E-state index is 11.5. The van der Waals surface area contributed by atoms with Crippen LogP contribution in [0.5, 0.6) is 0 Å². The van der Waals surface area contributed by atoms with Crippen LogP contribution in [0, 0.1) is 17.8 Å². The lowest BCUT2D eigenvalue weighted by atomic mass is 9.86. The zero-order chi connectivity index (χ0) is 7.42. The summed E-state index contributed by atoms with van der Waals surface area (Å²) >= 11 is 0. The van der Waals surface area contributed by atoms with Crippen molar-refractivity contribution in [1.29, 1.82) is 0 Å². The molecule has 0 aromatic heterocycles. The van der Waals surface area contributed by atoms with Crippen LogP contribution in [-0.4, -0.2) is 5.78 Å². The Morgan fingerprint density at radius 3 is 3.00 bits per heavy atom. The first-order valence-electron chi connectivity index (χ1n) is 4.62. The fourth-order valence-corrected chi connectivity index (χ4v) is 3.24. The summed E-state index contributed by atoms with van der Waals surface area (Å²) in [6.07, 6.45) is 7.22. The molecule has 2 bridgehead atoms. The molecule has 3 atom stereocenters. The van der Waals surface area contributed by atoms with Crippen LogP contribution >= 0.6 is 0 Å². The van der Waals surface area contributed by atoms with Gasteiger partial charge in [-0.25, -0.2) is 0 Å². The molecule has 0 N–H and O–H groups in total. The number of carbonyl (C=O) groups is 1. The van der Waals surface area contributed by atoms with Gasteiger partial charge in [-0.2, -0.15) is 0 Å². The molecule has 0 aromatic rings. The van der Waals surface area contributed by atoms with Crippen molar-refractivity contribution >= 4 is 5.78 Å². The first kappa shape index (κ1) is 5.99. The van der Waals surface area contributed by atoms with Crippen molar-refractivity contribution in [1.82, 2.24) is 0 Å². The van der Waals surface area contributed by atoms with Crippen molar-refractivity contribution in [2.45, 2.75) is 25.7 Å². The van der Waals surface area contributed by atoms with Crippen molar-refractivity contribution in [3.05, 3.63) is 11.6 Å². The number of ketones is 1. The molecule has 0 radical (unpaired) electrons. The molecule has 2 fully saturated rings. The number of carbonyl (C=O) groups excluding carboxylic acids is 1. The smallest absolute Gasteiger partial charge is 0.162 e. The van der Waals surface area contributed by atoms with Gasteiger partial charge in [0.2, 0.25) is 0 Å². The van der Waals surface area contributed by atoms with Crippen LogP contribution in [-0.2, 0) is 4.79 Å². The van der Waals surface area contributed by atoms with Gasteiger partial charge in [-0.1, -0.05) is 12.5 Å². The van der Waals surface area contributed by atoms with Gasteiger partial charge >= 0.3 is 0 Å². The van der Waals surface area contributed by atoms with E-state index in [0.29, 0.717) is 17.6 Å². The van der Waals surface area contributed by atoms with E-state index in [1.165, 1.54) is 24.8 Å². The summed E-state index contributed by atoms with van der Waals surface area (Å²) in [6.45, 7) is 0. The highest BCUT2D eigenvalue weighted by Crippen LogP contribution is 2.53. The van der Waals surface area contributed by atoms with Gasteiger partial charge in [0.15, 0.2) is 5.78 Å². The Bertz CT molecular complexity index is 252. The number of fused-ring (bicyclic) bond motifs is 5. The van der Waals surface area contributed by atoms with Crippen molar-refractivity contribution in [3.8, 4) is 0 Å². The molecule has 1 heteroatoms. The van der Waals surface area contributed by atoms with Gasteiger partial charge in [0.25, 0.3) is 0 Å². The summed E-state index contributed by atoms with van der Waals surface area (Å²) in [5.74, 6) is 2.39. The third-order valence-corrected chi connectivity index (χ3v) is 3.70. The maximum absolute atomic E-state index is 11.5. The molecular formula is C10H12O. The van der Waals surface area contributed by atoms with Gasteiger partial charge in [-0.15, -0.1) is 0 Å². The first-order chi connectivity index (χ1) is 5.38. The molecule has 58 valence electrons. The van der Waals surface area contributed by atoms with Crippen molar-refractivity contribution in [2.75, 3.05) is 0 Å². The van der Waals surface area contributed by atoms with Crippen LogP contribution in [0.3, 0.4) is 0 Å². The molecule has 0 unspecified atom stereocenters. The van der Waals surface area contributed by atoms with Crippen LogP contribution in [0.2, 0.25) is 0 Å². The number of rotatable bonds is 0. The molecule has 0 aliphatic heterocycles. The van der Waals surface area contributed by atoms with Gasteiger partial charge in [0.05, 0.1) is 0 Å². The van der Waals surface area contributed by atoms with Crippen LogP contribution in [0.15, 0.2) is 11.6 Å². The number of Topliss-reactive ketones (excluding diaryl/α,β-unsaturated/α-hetero) is 1. The average molecular weight is 148 g/mol. The Hall–Kier alpha value is -0.590. The third-order valence-electron chi connectivity index (χ3n) is 3.70. The van der Waals surface area contributed by atoms with E-state index >= 15 is 0 Å². The molecule has 0 aromatic carbocycles. The van der Waals surface area contributed by atoms with E-state index in [1.54, 1.807) is 0 Å². The van der Waals surface area contributed by atoms with E-state index in [4.69, 9.17) is 0 Å². The summed E-state index contributed by atoms with van der Waals surface area (Å²) in [6, 6.07) is 0. The standard InChI is InChI=1S/C10H12O/c11-10-8-4-5-9(10)7-3-1-2-6(7)8/h4,6-7,9H,1-3,5H2/t6-,7-,9-/m0/s1. The van der Waals surface area contributed by atoms with Crippen molar-refractivity contribution in [2.24, 2.45) is 17.8 Å². The van der Waals surface area contributed by atoms with Crippen molar-refractivity contribution < 1.29 is 4.79 Å². The zero-order valence-corrected chi connectivity index (χ0v) is 6.55. The van der Waals surface area contributed by atoms with E-state index in [1.807, 2.05) is 0 Å². The highest BCUT2D eigenvalue weighted by molar-refractivity contribution is 6.02. The molecule has 3 aliphatic rings. The molecule has 11 heavy (non-hydrogen) atoms. The van der Waals surface area contributed by atoms with E-state index < -0.39 is 0 Å². The fourth-order valence-electron chi connectivity index (χ4n) is 3.24. The second kappa shape index (κ2) is 1.77. The van der Waals surface area contributed by atoms with E-state index in [2.05, 4.69) is 6.08 Å². The average Bonchev–Trinajstić information content (AvgIpc) is 2.61. The molecule has 0 saturated heterocycles. The fraction of sp³-hybridized carbons (Fsp3) is 0.700. The van der Waals surface area contributed by atoms with Gasteiger partial charge in [0.1, 0.15) is 0 Å². The molecule has 3 rings (SSSR count). The highest BCUT2D eigenvalue weighted by atomic mass is 16.1. The topological polar surface area (TPSA) is 17.1 Å². The minimum absolute atomic E-state index is 0.428. The summed E-state index contributed by atoms with van der Waals surface area (Å²) in [4.78, 5) is 11.5. The summed E-state index contributed by atoms with van der Waals surface area (Å²) in [5.41, 5.74) is 1.21. The molecule has 0 spiro atoms. The SMILES string of the molecule is O=C1C2=CC[C@H]1[C@H]1CCC[C@H]21. The number of hydrogen-bond donors (Lipinski definition) is 0. The summed E-state index contributed by atoms with van der Waals surface area (Å²) in [7, 11) is 0. The largest absolute Gasteiger partial charge is 0.294 e. The lowest BCUT2D eigenvalue weighted by Crippen LogP contribution is -2.12. The number of allylic oxidation sites excluding steroid dienone is 2. The van der Waals surface area contributed by atoms with Crippen LogP contribution in [0.1, 0.15) is 25.7 Å². The molecule has 1 nitrogen and oxygen atoms in total. The van der Waals surface area contributed by atoms with Crippen LogP contribution in [0.25, 0.3) is 0 Å². The second-order valence-corrected chi connectivity index (χ2v) is 4.07. The Morgan fingerprint density at radius 2 is 2.18 bits per heavy atom. The Morgan fingerprint density at radius 1 is 1.27 bits per heavy atom. The molecular weight excluding hydrogens is 136 g/mol. The maximum Gasteiger partial charge on any atom is 0.162 e. The lowest BCUT2D eigenvalue weighted by molar-refractivity contribution is -0.117. The highest BCUT2D eigenvalue weighted by Gasteiger charge is 2.50. The summed E-state index contributed by atoms with van der Waals surface area (Å²) in [5, 5.41) is 0. The zero-order valence-electron chi connectivity index (χ0n) is 6.55. The molecule has 0 amide bonds. The predicted molar refractivity (Wildman–Crippen MR) is 42.0 cm³/mol. The molecule has 2 saturated carbocycles. The minimum atomic E-state index is 0.428. The van der Waals surface area contributed by atoms with E-state index in [0.717, 1.165) is 12.3 Å². The predicted octanol–water partition coefficient (Wildman–Crippen LogP) is 1.93. The first-order valence-corrected chi connectivity index (χ1v) is 4.62. The minimum Gasteiger partial charge on any atom is -0.294 e. The van der Waals surface area contributed by atoms with Crippen LogP contribution in [0.4, 0.5) is 0 Å². The Kier molecular flexibility index (Phi) is 0.961. The Labute approximate surface area is 66.5 Å². The van der Waals surface area contributed by atoms with Crippen LogP contribution < -0.4 is 0 Å². The molecule has 0 heterocycles. The summed E-state index contributed by atoms with van der Waals surface area (Å²) < 4.78 is 0. The number of hydrogen-bond acceptors (Lipinski definition) is 1. The van der Waals surface area contributed by atoms with E-state index in [-0.39, 0.29) is 0 Å². The van der Waals surface area contributed by atoms with E-state index in [9.17, 15) is 4.79 Å². The van der Waals surface area contributed by atoms with Gasteiger partial charge in [0, 0.05) is 5.92 Å². The quantitative estimate of drug-likeness (QED) is 0.513. The third kappa shape index (κ3) is 0.559.